The Morgan fingerprint density at radius 3 is 2.27 bits per heavy atom. The number of methoxy groups -OCH3 is 1. The van der Waals surface area contributed by atoms with Gasteiger partial charge < -0.3 is 14.6 Å². The van der Waals surface area contributed by atoms with Crippen LogP contribution in [0, 0.1) is 0 Å². The standard InChI is InChI=1S/C23H28O3/c1-7-18(17-11-9-8-10-12-17)21-19(22(24)15(2)3)13-14-20(25-6)23(21)26-16(4)5/h7-14,16,22,24H,2H2,1,3-6H3/b18-7+. The average Bonchev–Trinajstić information content (AvgIpc) is 2.63. The summed E-state index contributed by atoms with van der Waals surface area (Å²) in [6.45, 7) is 11.7. The van der Waals surface area contributed by atoms with E-state index in [2.05, 4.69) is 6.58 Å². The molecule has 1 unspecified atom stereocenters. The van der Waals surface area contributed by atoms with E-state index < -0.39 is 6.10 Å². The molecule has 2 rings (SSSR count). The van der Waals surface area contributed by atoms with E-state index in [9.17, 15) is 5.11 Å². The molecule has 0 bridgehead atoms. The maximum atomic E-state index is 10.8. The van der Waals surface area contributed by atoms with E-state index in [0.717, 1.165) is 22.3 Å². The van der Waals surface area contributed by atoms with Crippen LogP contribution in [0.25, 0.3) is 5.57 Å². The van der Waals surface area contributed by atoms with Gasteiger partial charge in [0.05, 0.1) is 13.2 Å². The second kappa shape index (κ2) is 8.72. The van der Waals surface area contributed by atoms with Crippen molar-refractivity contribution in [2.75, 3.05) is 7.11 Å². The molecule has 0 saturated heterocycles. The lowest BCUT2D eigenvalue weighted by atomic mass is 9.88. The molecular weight excluding hydrogens is 324 g/mol. The Hall–Kier alpha value is -2.52. The zero-order valence-corrected chi connectivity index (χ0v) is 16.2. The van der Waals surface area contributed by atoms with E-state index >= 15 is 0 Å². The van der Waals surface area contributed by atoms with Crippen molar-refractivity contribution in [3.8, 4) is 11.5 Å². The Balaban J connectivity index is 2.82. The van der Waals surface area contributed by atoms with Crippen molar-refractivity contribution < 1.29 is 14.6 Å². The lowest BCUT2D eigenvalue weighted by Crippen LogP contribution is -2.12. The summed E-state index contributed by atoms with van der Waals surface area (Å²) >= 11 is 0. The van der Waals surface area contributed by atoms with Crippen LogP contribution in [0.4, 0.5) is 0 Å². The van der Waals surface area contributed by atoms with Crippen LogP contribution in [0.1, 0.15) is 50.5 Å². The van der Waals surface area contributed by atoms with Crippen LogP contribution in [0.2, 0.25) is 0 Å². The molecular formula is C23H28O3. The Kier molecular flexibility index (Phi) is 6.64. The summed E-state index contributed by atoms with van der Waals surface area (Å²) in [4.78, 5) is 0. The quantitative estimate of drug-likeness (QED) is 0.665. The number of hydrogen-bond donors (Lipinski definition) is 1. The summed E-state index contributed by atoms with van der Waals surface area (Å²) in [5.74, 6) is 1.28. The van der Waals surface area contributed by atoms with Crippen LogP contribution in [-0.2, 0) is 0 Å². The zero-order valence-electron chi connectivity index (χ0n) is 16.2. The minimum Gasteiger partial charge on any atom is -0.493 e. The van der Waals surface area contributed by atoms with Crippen molar-refractivity contribution in [1.82, 2.24) is 0 Å². The third kappa shape index (κ3) is 4.17. The van der Waals surface area contributed by atoms with E-state index in [0.29, 0.717) is 17.1 Å². The number of hydrogen-bond acceptors (Lipinski definition) is 3. The second-order valence-corrected chi connectivity index (χ2v) is 6.55. The molecule has 0 aliphatic rings. The first-order chi connectivity index (χ1) is 12.4. The maximum absolute atomic E-state index is 10.8. The molecule has 1 atom stereocenters. The van der Waals surface area contributed by atoms with Crippen molar-refractivity contribution in [2.24, 2.45) is 0 Å². The van der Waals surface area contributed by atoms with Gasteiger partial charge in [-0.1, -0.05) is 49.1 Å². The number of allylic oxidation sites excluding steroid dienone is 1. The van der Waals surface area contributed by atoms with Gasteiger partial charge in [-0.25, -0.2) is 0 Å². The molecule has 3 heteroatoms. The van der Waals surface area contributed by atoms with E-state index in [1.165, 1.54) is 0 Å². The first kappa shape index (κ1) is 19.8. The third-order valence-electron chi connectivity index (χ3n) is 4.13. The summed E-state index contributed by atoms with van der Waals surface area (Å²) < 4.78 is 11.7. The number of rotatable bonds is 7. The molecule has 0 saturated carbocycles. The Labute approximate surface area is 156 Å². The fourth-order valence-electron chi connectivity index (χ4n) is 2.94. The van der Waals surface area contributed by atoms with Crippen molar-refractivity contribution in [2.45, 2.75) is 39.9 Å². The molecule has 0 radical (unpaired) electrons. The predicted molar refractivity (Wildman–Crippen MR) is 108 cm³/mol. The molecule has 2 aromatic carbocycles. The lowest BCUT2D eigenvalue weighted by molar-refractivity contribution is 0.210. The first-order valence-corrected chi connectivity index (χ1v) is 8.83. The summed E-state index contributed by atoms with van der Waals surface area (Å²) in [6.07, 6.45) is 1.21. The van der Waals surface area contributed by atoms with E-state index in [-0.39, 0.29) is 6.10 Å². The molecule has 1 N–H and O–H groups in total. The molecule has 0 heterocycles. The third-order valence-corrected chi connectivity index (χ3v) is 4.13. The highest BCUT2D eigenvalue weighted by molar-refractivity contribution is 5.86. The fourth-order valence-corrected chi connectivity index (χ4v) is 2.94. The van der Waals surface area contributed by atoms with Gasteiger partial charge in [-0.3, -0.25) is 0 Å². The van der Waals surface area contributed by atoms with Crippen molar-refractivity contribution in [1.29, 1.82) is 0 Å². The molecule has 0 fully saturated rings. The topological polar surface area (TPSA) is 38.7 Å². The molecule has 138 valence electrons. The van der Waals surface area contributed by atoms with E-state index in [4.69, 9.17) is 9.47 Å². The average molecular weight is 352 g/mol. The van der Waals surface area contributed by atoms with Crippen molar-refractivity contribution >= 4 is 5.57 Å². The van der Waals surface area contributed by atoms with Crippen molar-refractivity contribution in [3.63, 3.8) is 0 Å². The van der Waals surface area contributed by atoms with Gasteiger partial charge in [0.1, 0.15) is 6.10 Å². The first-order valence-electron chi connectivity index (χ1n) is 8.83. The molecule has 2 aromatic rings. The van der Waals surface area contributed by atoms with Crippen LogP contribution in [0.5, 0.6) is 11.5 Å². The number of aliphatic hydroxyl groups is 1. The smallest absolute Gasteiger partial charge is 0.169 e. The monoisotopic (exact) mass is 352 g/mol. The van der Waals surface area contributed by atoms with Gasteiger partial charge in [-0.2, -0.15) is 0 Å². The number of ether oxygens (including phenoxy) is 2. The van der Waals surface area contributed by atoms with Crippen molar-refractivity contribution in [3.05, 3.63) is 77.4 Å². The zero-order chi connectivity index (χ0) is 19.3. The normalized spacial score (nSPS) is 12.8. The molecule has 3 nitrogen and oxygen atoms in total. The van der Waals surface area contributed by atoms with Gasteiger partial charge in [-0.15, -0.1) is 0 Å². The van der Waals surface area contributed by atoms with Gasteiger partial charge in [0.25, 0.3) is 0 Å². The summed E-state index contributed by atoms with van der Waals surface area (Å²) in [7, 11) is 1.62. The highest BCUT2D eigenvalue weighted by atomic mass is 16.5. The summed E-state index contributed by atoms with van der Waals surface area (Å²) in [5.41, 5.74) is 4.30. The van der Waals surface area contributed by atoms with Gasteiger partial charge in [-0.05, 0) is 56.0 Å². The largest absolute Gasteiger partial charge is 0.493 e. The van der Waals surface area contributed by atoms with Gasteiger partial charge in [0, 0.05) is 5.56 Å². The highest BCUT2D eigenvalue weighted by Gasteiger charge is 2.24. The van der Waals surface area contributed by atoms with E-state index in [1.54, 1.807) is 7.11 Å². The van der Waals surface area contributed by atoms with Gasteiger partial charge in [0.2, 0.25) is 0 Å². The number of benzene rings is 2. The molecule has 0 aromatic heterocycles. The van der Waals surface area contributed by atoms with Crippen LogP contribution in [0.15, 0.2) is 60.7 Å². The highest BCUT2D eigenvalue weighted by Crippen LogP contribution is 2.43. The van der Waals surface area contributed by atoms with Crippen LogP contribution >= 0.6 is 0 Å². The minimum absolute atomic E-state index is 0.0336. The Bertz CT molecular complexity index is 789. The van der Waals surface area contributed by atoms with Crippen LogP contribution in [0.3, 0.4) is 0 Å². The number of aliphatic hydroxyl groups excluding tert-OH is 1. The fraction of sp³-hybridized carbons (Fsp3) is 0.304. The maximum Gasteiger partial charge on any atom is 0.169 e. The second-order valence-electron chi connectivity index (χ2n) is 6.55. The predicted octanol–water partition coefficient (Wildman–Crippen LogP) is 5.54. The minimum atomic E-state index is -0.788. The SMILES string of the molecule is C=C(C)C(O)c1ccc(OC)c(OC(C)C)c1/C(=C/C)c1ccccc1. The molecule has 0 amide bonds. The molecule has 0 spiro atoms. The Morgan fingerprint density at radius 1 is 1.12 bits per heavy atom. The van der Waals surface area contributed by atoms with Gasteiger partial charge in [0.15, 0.2) is 11.5 Å². The Morgan fingerprint density at radius 2 is 1.77 bits per heavy atom. The van der Waals surface area contributed by atoms with Gasteiger partial charge >= 0.3 is 0 Å². The van der Waals surface area contributed by atoms with Crippen LogP contribution < -0.4 is 9.47 Å². The molecule has 26 heavy (non-hydrogen) atoms. The summed E-state index contributed by atoms with van der Waals surface area (Å²) in [5, 5.41) is 10.8. The van der Waals surface area contributed by atoms with E-state index in [1.807, 2.05) is 76.2 Å². The molecule has 0 aliphatic carbocycles. The molecule has 0 aliphatic heterocycles. The van der Waals surface area contributed by atoms with Crippen LogP contribution in [-0.4, -0.2) is 18.3 Å². The summed E-state index contributed by atoms with van der Waals surface area (Å²) in [6, 6.07) is 13.8. The lowest BCUT2D eigenvalue weighted by Gasteiger charge is -2.24.